The molecule has 3 heterocycles. The van der Waals surface area contributed by atoms with Crippen molar-refractivity contribution in [2.45, 2.75) is 39.7 Å². The molecule has 2 amide bonds. The molecule has 0 radical (unpaired) electrons. The summed E-state index contributed by atoms with van der Waals surface area (Å²) in [5.74, 6) is 1.60. The number of nitrogens with zero attached hydrogens (tertiary/aromatic N) is 3. The molecule has 3 rings (SSSR count). The summed E-state index contributed by atoms with van der Waals surface area (Å²) >= 11 is 0. The lowest BCUT2D eigenvalue weighted by molar-refractivity contribution is -0.127. The Hall–Kier alpha value is -1.89. The van der Waals surface area contributed by atoms with Crippen LogP contribution in [0.15, 0.2) is 10.6 Å². The molecule has 1 N–H and O–H groups in total. The summed E-state index contributed by atoms with van der Waals surface area (Å²) in [7, 11) is 0. The molecule has 25 heavy (non-hydrogen) atoms. The Labute approximate surface area is 148 Å². The number of hydrogen-bond acceptors (Lipinski definition) is 5. The van der Waals surface area contributed by atoms with E-state index in [-0.39, 0.29) is 17.9 Å². The smallest absolute Gasteiger partial charge is 0.273 e. The third-order valence-corrected chi connectivity index (χ3v) is 5.33. The molecule has 0 aliphatic carbocycles. The van der Waals surface area contributed by atoms with Crippen LogP contribution in [0.4, 0.5) is 0 Å². The standard InChI is InChI=1S/C18H28N4O3/c1-12(2)14-10-21(7-8-22-6-4-5-17(22)23)11-16(14)19-18(24)15-9-13(3)25-20-15/h9,12,14,16H,4-8,10-11H2,1-3H3,(H,19,24)/t14-,16+/m0/s1. The van der Waals surface area contributed by atoms with Gasteiger partial charge < -0.3 is 14.7 Å². The molecule has 2 atom stereocenters. The Morgan fingerprint density at radius 1 is 1.40 bits per heavy atom. The van der Waals surface area contributed by atoms with E-state index >= 15 is 0 Å². The van der Waals surface area contributed by atoms with Crippen LogP contribution in [0.2, 0.25) is 0 Å². The summed E-state index contributed by atoms with van der Waals surface area (Å²) < 4.78 is 4.99. The quantitative estimate of drug-likeness (QED) is 0.838. The molecule has 2 aliphatic heterocycles. The van der Waals surface area contributed by atoms with Gasteiger partial charge in [-0.25, -0.2) is 0 Å². The maximum absolute atomic E-state index is 12.4. The van der Waals surface area contributed by atoms with Gasteiger partial charge in [0.15, 0.2) is 5.69 Å². The molecular weight excluding hydrogens is 320 g/mol. The highest BCUT2D eigenvalue weighted by Crippen LogP contribution is 2.25. The molecule has 0 saturated carbocycles. The molecule has 1 aromatic rings. The fourth-order valence-electron chi connectivity index (χ4n) is 3.84. The Morgan fingerprint density at radius 3 is 2.80 bits per heavy atom. The Morgan fingerprint density at radius 2 is 2.20 bits per heavy atom. The van der Waals surface area contributed by atoms with Gasteiger partial charge in [-0.1, -0.05) is 19.0 Å². The van der Waals surface area contributed by atoms with Gasteiger partial charge in [0.1, 0.15) is 5.76 Å². The summed E-state index contributed by atoms with van der Waals surface area (Å²) in [4.78, 5) is 28.5. The minimum atomic E-state index is -0.177. The van der Waals surface area contributed by atoms with E-state index in [0.29, 0.717) is 29.7 Å². The fourth-order valence-corrected chi connectivity index (χ4v) is 3.84. The van der Waals surface area contributed by atoms with Gasteiger partial charge in [-0.05, 0) is 25.2 Å². The summed E-state index contributed by atoms with van der Waals surface area (Å²) in [6.45, 7) is 10.5. The molecule has 0 unspecified atom stereocenters. The number of aromatic nitrogens is 1. The molecule has 7 heteroatoms. The van der Waals surface area contributed by atoms with Crippen molar-refractivity contribution in [3.63, 3.8) is 0 Å². The van der Waals surface area contributed by atoms with Crippen molar-refractivity contribution in [2.75, 3.05) is 32.7 Å². The van der Waals surface area contributed by atoms with Gasteiger partial charge in [0.2, 0.25) is 5.91 Å². The molecular formula is C18H28N4O3. The number of nitrogens with one attached hydrogen (secondary N) is 1. The van der Waals surface area contributed by atoms with Gasteiger partial charge in [0, 0.05) is 51.3 Å². The van der Waals surface area contributed by atoms with E-state index in [4.69, 9.17) is 4.52 Å². The highest BCUT2D eigenvalue weighted by Gasteiger charge is 2.36. The molecule has 0 spiro atoms. The van der Waals surface area contributed by atoms with Crippen LogP contribution in [0.5, 0.6) is 0 Å². The molecule has 2 aliphatic rings. The van der Waals surface area contributed by atoms with E-state index in [1.165, 1.54) is 0 Å². The minimum Gasteiger partial charge on any atom is -0.361 e. The second-order valence-electron chi connectivity index (χ2n) is 7.55. The zero-order valence-corrected chi connectivity index (χ0v) is 15.3. The van der Waals surface area contributed by atoms with Crippen LogP contribution < -0.4 is 5.32 Å². The van der Waals surface area contributed by atoms with Crippen LogP contribution in [0.25, 0.3) is 0 Å². The highest BCUT2D eigenvalue weighted by molar-refractivity contribution is 5.92. The number of likely N-dealkylation sites (tertiary alicyclic amines) is 2. The average Bonchev–Trinajstić information content (AvgIpc) is 3.26. The van der Waals surface area contributed by atoms with E-state index in [1.54, 1.807) is 13.0 Å². The molecule has 138 valence electrons. The van der Waals surface area contributed by atoms with E-state index in [2.05, 4.69) is 29.2 Å². The predicted molar refractivity (Wildman–Crippen MR) is 93.1 cm³/mol. The van der Waals surface area contributed by atoms with Crippen molar-refractivity contribution in [1.82, 2.24) is 20.3 Å². The summed E-state index contributed by atoms with van der Waals surface area (Å²) in [6.07, 6.45) is 1.66. The van der Waals surface area contributed by atoms with Crippen LogP contribution in [0.1, 0.15) is 42.9 Å². The second-order valence-corrected chi connectivity index (χ2v) is 7.55. The Bertz CT molecular complexity index is 628. The predicted octanol–water partition coefficient (Wildman–Crippen LogP) is 1.29. The van der Waals surface area contributed by atoms with Gasteiger partial charge in [0.05, 0.1) is 0 Å². The number of carbonyl (C=O) groups is 2. The van der Waals surface area contributed by atoms with Crippen LogP contribution in [-0.2, 0) is 4.79 Å². The molecule has 0 aromatic carbocycles. The van der Waals surface area contributed by atoms with Gasteiger partial charge in [0.25, 0.3) is 5.91 Å². The van der Waals surface area contributed by atoms with Crippen LogP contribution in [0, 0.1) is 18.8 Å². The summed E-state index contributed by atoms with van der Waals surface area (Å²) in [5, 5.41) is 6.92. The molecule has 2 fully saturated rings. The molecule has 0 bridgehead atoms. The summed E-state index contributed by atoms with van der Waals surface area (Å²) in [6, 6.07) is 1.75. The maximum Gasteiger partial charge on any atom is 0.273 e. The average molecular weight is 348 g/mol. The first-order valence-corrected chi connectivity index (χ1v) is 9.18. The zero-order chi connectivity index (χ0) is 18.0. The fraction of sp³-hybridized carbons (Fsp3) is 0.722. The van der Waals surface area contributed by atoms with Crippen molar-refractivity contribution in [2.24, 2.45) is 11.8 Å². The van der Waals surface area contributed by atoms with Crippen LogP contribution in [0.3, 0.4) is 0 Å². The van der Waals surface area contributed by atoms with Gasteiger partial charge >= 0.3 is 0 Å². The maximum atomic E-state index is 12.4. The number of amides is 2. The first kappa shape index (κ1) is 17.9. The van der Waals surface area contributed by atoms with Gasteiger partial charge in [-0.2, -0.15) is 0 Å². The van der Waals surface area contributed by atoms with E-state index in [9.17, 15) is 9.59 Å². The Kier molecular flexibility index (Phi) is 5.42. The topological polar surface area (TPSA) is 78.7 Å². The highest BCUT2D eigenvalue weighted by atomic mass is 16.5. The largest absolute Gasteiger partial charge is 0.361 e. The monoisotopic (exact) mass is 348 g/mol. The van der Waals surface area contributed by atoms with Gasteiger partial charge in [-0.3, -0.25) is 14.5 Å². The first-order valence-electron chi connectivity index (χ1n) is 9.18. The minimum absolute atomic E-state index is 0.0961. The van der Waals surface area contributed by atoms with Crippen LogP contribution >= 0.6 is 0 Å². The molecule has 1 aromatic heterocycles. The van der Waals surface area contributed by atoms with Crippen molar-refractivity contribution in [3.05, 3.63) is 17.5 Å². The van der Waals surface area contributed by atoms with Crippen molar-refractivity contribution in [3.8, 4) is 0 Å². The number of aryl methyl sites for hydroxylation is 1. The number of carbonyl (C=O) groups excluding carboxylic acids is 2. The number of hydrogen-bond donors (Lipinski definition) is 1. The lowest BCUT2D eigenvalue weighted by Crippen LogP contribution is -2.42. The van der Waals surface area contributed by atoms with E-state index in [0.717, 1.165) is 39.1 Å². The van der Waals surface area contributed by atoms with Crippen molar-refractivity contribution >= 4 is 11.8 Å². The third-order valence-electron chi connectivity index (χ3n) is 5.33. The SMILES string of the molecule is Cc1cc(C(=O)N[C@@H]2CN(CCN3CCCC3=O)C[C@H]2C(C)C)no1. The van der Waals surface area contributed by atoms with Crippen LogP contribution in [-0.4, -0.2) is 65.5 Å². The number of rotatable bonds is 6. The second kappa shape index (κ2) is 7.56. The molecule has 7 nitrogen and oxygen atoms in total. The van der Waals surface area contributed by atoms with Crippen molar-refractivity contribution in [1.29, 1.82) is 0 Å². The summed E-state index contributed by atoms with van der Waals surface area (Å²) in [5.41, 5.74) is 0.334. The van der Waals surface area contributed by atoms with E-state index < -0.39 is 0 Å². The Balaban J connectivity index is 1.56. The normalized spacial score (nSPS) is 24.5. The van der Waals surface area contributed by atoms with Gasteiger partial charge in [-0.15, -0.1) is 0 Å². The van der Waals surface area contributed by atoms with E-state index in [1.807, 2.05) is 4.90 Å². The zero-order valence-electron chi connectivity index (χ0n) is 15.3. The lowest BCUT2D eigenvalue weighted by atomic mass is 9.91. The molecule has 2 saturated heterocycles. The van der Waals surface area contributed by atoms with Crippen molar-refractivity contribution < 1.29 is 14.1 Å². The lowest BCUT2D eigenvalue weighted by Gasteiger charge is -2.22. The first-order chi connectivity index (χ1) is 11.9. The third kappa shape index (κ3) is 4.21.